The molecule has 7 heteroatoms. The second-order valence-corrected chi connectivity index (χ2v) is 7.23. The summed E-state index contributed by atoms with van der Waals surface area (Å²) in [5, 5.41) is 6.60. The lowest BCUT2D eigenvalue weighted by molar-refractivity contribution is -0.133. The monoisotopic (exact) mass is 333 g/mol. The topological polar surface area (TPSA) is 92.5 Å². The summed E-state index contributed by atoms with van der Waals surface area (Å²) in [5.41, 5.74) is -0.574. The minimum Gasteiger partial charge on any atom is -0.359 e. The largest absolute Gasteiger partial charge is 0.359 e. The van der Waals surface area contributed by atoms with Crippen molar-refractivity contribution < 1.29 is 18.9 Å². The molecular formula is C17H23N3O4. The highest BCUT2D eigenvalue weighted by molar-refractivity contribution is 6.07. The van der Waals surface area contributed by atoms with Gasteiger partial charge >= 0.3 is 6.03 Å². The van der Waals surface area contributed by atoms with E-state index in [1.165, 1.54) is 17.9 Å². The van der Waals surface area contributed by atoms with Gasteiger partial charge < -0.3 is 9.84 Å². The van der Waals surface area contributed by atoms with Crippen molar-refractivity contribution in [1.82, 2.24) is 15.4 Å². The number of hydrogen-bond donors (Lipinski definition) is 1. The first kappa shape index (κ1) is 16.7. The van der Waals surface area contributed by atoms with Crippen LogP contribution < -0.4 is 5.32 Å². The molecule has 3 amide bonds. The summed E-state index contributed by atoms with van der Waals surface area (Å²) in [6.07, 6.45) is 3.47. The van der Waals surface area contributed by atoms with Gasteiger partial charge in [0, 0.05) is 13.0 Å². The number of Topliss-reactive ketones (excluding diaryl/α,β-unsaturated/α-hetero) is 1. The first-order chi connectivity index (χ1) is 11.3. The maximum Gasteiger partial charge on any atom is 0.325 e. The molecule has 3 rings (SSSR count). The normalized spacial score (nSPS) is 23.9. The summed E-state index contributed by atoms with van der Waals surface area (Å²) in [4.78, 5) is 37.9. The Morgan fingerprint density at radius 3 is 2.71 bits per heavy atom. The van der Waals surface area contributed by atoms with E-state index in [-0.39, 0.29) is 29.8 Å². The Balaban J connectivity index is 1.78. The number of nitrogens with one attached hydrogen (secondary N) is 1. The van der Waals surface area contributed by atoms with Gasteiger partial charge in [-0.25, -0.2) is 4.79 Å². The SMILES string of the molecule is CC(=O)c1cc(CN2C(=O)NC(CCC(C)C)(C3CC3)C2=O)on1. The Kier molecular flexibility index (Phi) is 4.19. The van der Waals surface area contributed by atoms with Crippen LogP contribution in [0, 0.1) is 11.8 Å². The molecule has 1 N–H and O–H groups in total. The fourth-order valence-electron chi connectivity index (χ4n) is 3.24. The van der Waals surface area contributed by atoms with Gasteiger partial charge in [0.1, 0.15) is 11.2 Å². The molecule has 7 nitrogen and oxygen atoms in total. The van der Waals surface area contributed by atoms with Crippen molar-refractivity contribution in [3.05, 3.63) is 17.5 Å². The molecule has 0 spiro atoms. The smallest absolute Gasteiger partial charge is 0.325 e. The molecule has 0 bridgehead atoms. The van der Waals surface area contributed by atoms with Crippen LogP contribution in [0.3, 0.4) is 0 Å². The van der Waals surface area contributed by atoms with Gasteiger partial charge in [0.15, 0.2) is 11.5 Å². The maximum absolute atomic E-state index is 13.0. The minimum absolute atomic E-state index is 0.00109. The fourth-order valence-corrected chi connectivity index (χ4v) is 3.24. The molecule has 1 aromatic rings. The van der Waals surface area contributed by atoms with E-state index in [1.807, 2.05) is 0 Å². The van der Waals surface area contributed by atoms with E-state index in [0.717, 1.165) is 19.3 Å². The number of urea groups is 1. The van der Waals surface area contributed by atoms with E-state index in [0.29, 0.717) is 18.1 Å². The Morgan fingerprint density at radius 2 is 2.17 bits per heavy atom. The predicted octanol–water partition coefficient (Wildman–Crippen LogP) is 2.51. The first-order valence-corrected chi connectivity index (χ1v) is 8.44. The summed E-state index contributed by atoms with van der Waals surface area (Å²) >= 11 is 0. The molecule has 1 saturated heterocycles. The second-order valence-electron chi connectivity index (χ2n) is 7.23. The quantitative estimate of drug-likeness (QED) is 0.611. The van der Waals surface area contributed by atoms with E-state index in [1.54, 1.807) is 0 Å². The Bertz CT molecular complexity index is 677. The van der Waals surface area contributed by atoms with E-state index < -0.39 is 11.6 Å². The Hall–Kier alpha value is -2.18. The van der Waals surface area contributed by atoms with Crippen LogP contribution in [0.2, 0.25) is 0 Å². The van der Waals surface area contributed by atoms with Gasteiger partial charge in [-0.3, -0.25) is 14.5 Å². The van der Waals surface area contributed by atoms with Crippen LogP contribution in [0.5, 0.6) is 0 Å². The molecule has 2 heterocycles. The van der Waals surface area contributed by atoms with Gasteiger partial charge in [-0.15, -0.1) is 0 Å². The Morgan fingerprint density at radius 1 is 1.46 bits per heavy atom. The lowest BCUT2D eigenvalue weighted by atomic mass is 9.85. The molecule has 1 aliphatic carbocycles. The summed E-state index contributed by atoms with van der Waals surface area (Å²) in [7, 11) is 0. The van der Waals surface area contributed by atoms with Gasteiger partial charge in [0.2, 0.25) is 0 Å². The van der Waals surface area contributed by atoms with Gasteiger partial charge in [-0.1, -0.05) is 19.0 Å². The third kappa shape index (κ3) is 2.95. The van der Waals surface area contributed by atoms with Crippen molar-refractivity contribution in [3.63, 3.8) is 0 Å². The summed E-state index contributed by atoms with van der Waals surface area (Å²) < 4.78 is 5.08. The summed E-state index contributed by atoms with van der Waals surface area (Å²) in [6.45, 7) is 5.61. The van der Waals surface area contributed by atoms with Crippen molar-refractivity contribution >= 4 is 17.7 Å². The molecular weight excluding hydrogens is 310 g/mol. The van der Waals surface area contributed by atoms with Gasteiger partial charge in [0.25, 0.3) is 5.91 Å². The van der Waals surface area contributed by atoms with Crippen molar-refractivity contribution in [2.24, 2.45) is 11.8 Å². The van der Waals surface area contributed by atoms with Crippen molar-refractivity contribution in [2.45, 2.75) is 58.5 Å². The standard InChI is InChI=1S/C17H23N3O4/c1-10(2)6-7-17(12-4-5-12)15(22)20(16(23)18-17)9-13-8-14(11(3)21)19-24-13/h8,10,12H,4-7,9H2,1-3H3,(H,18,23). The average molecular weight is 333 g/mol. The van der Waals surface area contributed by atoms with E-state index in [2.05, 4.69) is 24.3 Å². The number of carbonyl (C=O) groups excluding carboxylic acids is 3. The van der Waals surface area contributed by atoms with Crippen LogP contribution in [0.1, 0.15) is 62.7 Å². The van der Waals surface area contributed by atoms with Crippen LogP contribution in [-0.2, 0) is 11.3 Å². The number of hydrogen-bond acceptors (Lipinski definition) is 5. The highest BCUT2D eigenvalue weighted by Gasteiger charge is 2.58. The van der Waals surface area contributed by atoms with Crippen LogP contribution in [-0.4, -0.2) is 33.3 Å². The lowest BCUT2D eigenvalue weighted by Gasteiger charge is -2.27. The number of aromatic nitrogens is 1. The lowest BCUT2D eigenvalue weighted by Crippen LogP contribution is -2.49. The second kappa shape index (κ2) is 6.03. The molecule has 1 atom stereocenters. The Labute approximate surface area is 140 Å². The van der Waals surface area contributed by atoms with Crippen LogP contribution in [0.15, 0.2) is 10.6 Å². The summed E-state index contributed by atoms with van der Waals surface area (Å²) in [6, 6.07) is 1.09. The zero-order valence-corrected chi connectivity index (χ0v) is 14.3. The van der Waals surface area contributed by atoms with Gasteiger partial charge in [-0.2, -0.15) is 0 Å². The molecule has 2 fully saturated rings. The maximum atomic E-state index is 13.0. The fraction of sp³-hybridized carbons (Fsp3) is 0.647. The molecule has 24 heavy (non-hydrogen) atoms. The molecule has 0 radical (unpaired) electrons. The number of nitrogens with zero attached hydrogens (tertiary/aromatic N) is 2. The zero-order valence-electron chi connectivity index (χ0n) is 14.3. The third-order valence-corrected chi connectivity index (χ3v) is 4.83. The van der Waals surface area contributed by atoms with Crippen molar-refractivity contribution in [3.8, 4) is 0 Å². The number of rotatable bonds is 7. The van der Waals surface area contributed by atoms with Crippen LogP contribution >= 0.6 is 0 Å². The molecule has 1 aromatic heterocycles. The van der Waals surface area contributed by atoms with E-state index in [9.17, 15) is 14.4 Å². The van der Waals surface area contributed by atoms with E-state index >= 15 is 0 Å². The van der Waals surface area contributed by atoms with Crippen molar-refractivity contribution in [2.75, 3.05) is 0 Å². The molecule has 130 valence electrons. The summed E-state index contributed by atoms with van der Waals surface area (Å²) in [5.74, 6) is 0.619. The number of ketones is 1. The number of carbonyl (C=O) groups is 3. The molecule has 1 aliphatic heterocycles. The molecule has 0 aromatic carbocycles. The number of imide groups is 1. The van der Waals surface area contributed by atoms with Gasteiger partial charge in [0.05, 0.1) is 6.54 Å². The molecule has 1 unspecified atom stereocenters. The number of amides is 3. The first-order valence-electron chi connectivity index (χ1n) is 8.44. The average Bonchev–Trinajstić information content (AvgIpc) is 3.21. The van der Waals surface area contributed by atoms with Gasteiger partial charge in [-0.05, 0) is 37.5 Å². The highest BCUT2D eigenvalue weighted by Crippen LogP contribution is 2.46. The van der Waals surface area contributed by atoms with Crippen LogP contribution in [0.4, 0.5) is 4.79 Å². The minimum atomic E-state index is -0.773. The van der Waals surface area contributed by atoms with Crippen LogP contribution in [0.25, 0.3) is 0 Å². The molecule has 1 saturated carbocycles. The third-order valence-electron chi connectivity index (χ3n) is 4.83. The predicted molar refractivity (Wildman–Crippen MR) is 85.1 cm³/mol. The van der Waals surface area contributed by atoms with Crippen molar-refractivity contribution in [1.29, 1.82) is 0 Å². The highest BCUT2D eigenvalue weighted by atomic mass is 16.5. The van der Waals surface area contributed by atoms with E-state index in [4.69, 9.17) is 4.52 Å². The molecule has 2 aliphatic rings. The zero-order chi connectivity index (χ0) is 17.5.